The van der Waals surface area contributed by atoms with Crippen LogP contribution in [-0.4, -0.2) is 16.6 Å². The second-order valence-electron chi connectivity index (χ2n) is 1.70. The summed E-state index contributed by atoms with van der Waals surface area (Å²) in [5.74, 6) is 0. The number of aliphatic hydroxyl groups excluding tert-OH is 1. The van der Waals surface area contributed by atoms with Gasteiger partial charge in [-0.2, -0.15) is 0 Å². The van der Waals surface area contributed by atoms with E-state index in [1.54, 1.807) is 6.08 Å². The molecular weight excluding hydrogens is 112 g/mol. The summed E-state index contributed by atoms with van der Waals surface area (Å²) in [6.45, 7) is 0. The van der Waals surface area contributed by atoms with Crippen LogP contribution < -0.4 is 0 Å². The van der Waals surface area contributed by atoms with Gasteiger partial charge in [-0.05, 0) is 6.42 Å². The fourth-order valence-electron chi connectivity index (χ4n) is 0.637. The van der Waals surface area contributed by atoms with Gasteiger partial charge in [0.15, 0.2) is 0 Å². The summed E-state index contributed by atoms with van der Waals surface area (Å²) < 4.78 is 0. The average molecular weight is 119 g/mol. The van der Waals surface area contributed by atoms with Crippen molar-refractivity contribution in [3.05, 3.63) is 12.2 Å². The molecule has 1 aliphatic carbocycles. The van der Waals surface area contributed by atoms with Gasteiger partial charge < -0.3 is 5.11 Å². The molecule has 0 aromatic carbocycles. The molecule has 40 valence electrons. The SMILES string of the molecule is OC1C=CC(Cl)C1. The highest BCUT2D eigenvalue weighted by Crippen LogP contribution is 2.14. The summed E-state index contributed by atoms with van der Waals surface area (Å²) in [7, 11) is 0. The lowest BCUT2D eigenvalue weighted by molar-refractivity contribution is 0.223. The zero-order valence-electron chi connectivity index (χ0n) is 3.84. The Morgan fingerprint density at radius 1 is 1.57 bits per heavy atom. The first-order chi connectivity index (χ1) is 3.29. The molecule has 0 radical (unpaired) electrons. The first-order valence-corrected chi connectivity index (χ1v) is 2.73. The predicted octanol–water partition coefficient (Wildman–Crippen LogP) is 0.915. The molecule has 0 amide bonds. The highest BCUT2D eigenvalue weighted by molar-refractivity contribution is 6.22. The van der Waals surface area contributed by atoms with Crippen LogP contribution in [0.1, 0.15) is 6.42 Å². The zero-order valence-corrected chi connectivity index (χ0v) is 4.60. The maximum absolute atomic E-state index is 8.73. The van der Waals surface area contributed by atoms with Crippen LogP contribution in [0.25, 0.3) is 0 Å². The molecule has 0 spiro atoms. The number of aliphatic hydroxyl groups is 1. The number of rotatable bonds is 0. The molecule has 0 fully saturated rings. The molecule has 0 saturated heterocycles. The Hall–Kier alpha value is -0.0100. The van der Waals surface area contributed by atoms with Crippen molar-refractivity contribution < 1.29 is 5.11 Å². The molecule has 7 heavy (non-hydrogen) atoms. The van der Waals surface area contributed by atoms with Gasteiger partial charge in [0.1, 0.15) is 0 Å². The van der Waals surface area contributed by atoms with Crippen molar-refractivity contribution in [2.45, 2.75) is 17.9 Å². The lowest BCUT2D eigenvalue weighted by atomic mass is 10.3. The van der Waals surface area contributed by atoms with Crippen LogP contribution >= 0.6 is 11.6 Å². The molecule has 0 saturated carbocycles. The normalized spacial score (nSPS) is 39.7. The van der Waals surface area contributed by atoms with Crippen molar-refractivity contribution in [3.8, 4) is 0 Å². The maximum atomic E-state index is 8.73. The van der Waals surface area contributed by atoms with Gasteiger partial charge in [-0.25, -0.2) is 0 Å². The lowest BCUT2D eigenvalue weighted by Crippen LogP contribution is -1.99. The van der Waals surface area contributed by atoms with Crippen LogP contribution in [0.2, 0.25) is 0 Å². The fraction of sp³-hybridized carbons (Fsp3) is 0.600. The summed E-state index contributed by atoms with van der Waals surface area (Å²) >= 11 is 5.56. The highest BCUT2D eigenvalue weighted by Gasteiger charge is 2.12. The van der Waals surface area contributed by atoms with E-state index in [0.717, 1.165) is 0 Å². The Kier molecular flexibility index (Phi) is 1.35. The molecule has 2 heteroatoms. The van der Waals surface area contributed by atoms with Crippen LogP contribution in [0.4, 0.5) is 0 Å². The Morgan fingerprint density at radius 3 is 2.43 bits per heavy atom. The third-order valence-corrected chi connectivity index (χ3v) is 1.33. The molecule has 1 rings (SSSR count). The Labute approximate surface area is 47.6 Å². The third kappa shape index (κ3) is 1.18. The van der Waals surface area contributed by atoms with Gasteiger partial charge in [0.25, 0.3) is 0 Å². The third-order valence-electron chi connectivity index (χ3n) is 1.01. The largest absolute Gasteiger partial charge is 0.389 e. The molecule has 1 N–H and O–H groups in total. The number of hydrogen-bond acceptors (Lipinski definition) is 1. The van der Waals surface area contributed by atoms with Gasteiger partial charge in [-0.15, -0.1) is 11.6 Å². The molecular formula is C5H7ClO. The minimum absolute atomic E-state index is 0.0648. The van der Waals surface area contributed by atoms with E-state index in [1.165, 1.54) is 0 Å². The van der Waals surface area contributed by atoms with Crippen molar-refractivity contribution in [1.29, 1.82) is 0 Å². The van der Waals surface area contributed by atoms with E-state index >= 15 is 0 Å². The topological polar surface area (TPSA) is 20.2 Å². The summed E-state index contributed by atoms with van der Waals surface area (Å²) in [4.78, 5) is 0. The number of halogens is 1. The van der Waals surface area contributed by atoms with Crippen molar-refractivity contribution in [2.24, 2.45) is 0 Å². The summed E-state index contributed by atoms with van der Waals surface area (Å²) in [5, 5.41) is 8.79. The Balaban J connectivity index is 2.42. The minimum atomic E-state index is -0.289. The second-order valence-corrected chi connectivity index (χ2v) is 2.26. The van der Waals surface area contributed by atoms with Gasteiger partial charge in [-0.1, -0.05) is 12.2 Å². The minimum Gasteiger partial charge on any atom is -0.389 e. The molecule has 2 unspecified atom stereocenters. The van der Waals surface area contributed by atoms with Crippen molar-refractivity contribution in [3.63, 3.8) is 0 Å². The van der Waals surface area contributed by atoms with Crippen molar-refractivity contribution in [2.75, 3.05) is 0 Å². The predicted molar refractivity (Wildman–Crippen MR) is 29.4 cm³/mol. The molecule has 0 bridgehead atoms. The smallest absolute Gasteiger partial charge is 0.0738 e. The van der Waals surface area contributed by atoms with Crippen LogP contribution in [0.5, 0.6) is 0 Å². The van der Waals surface area contributed by atoms with E-state index in [4.69, 9.17) is 16.7 Å². The molecule has 1 aliphatic rings. The Morgan fingerprint density at radius 2 is 2.29 bits per heavy atom. The van der Waals surface area contributed by atoms with E-state index in [-0.39, 0.29) is 11.5 Å². The first kappa shape index (κ1) is 5.13. The fourth-order valence-corrected chi connectivity index (χ4v) is 0.903. The number of allylic oxidation sites excluding steroid dienone is 1. The lowest BCUT2D eigenvalue weighted by Gasteiger charge is -1.95. The zero-order chi connectivity index (χ0) is 5.28. The quantitative estimate of drug-likeness (QED) is 0.370. The van der Waals surface area contributed by atoms with Gasteiger partial charge in [0, 0.05) is 0 Å². The van der Waals surface area contributed by atoms with Crippen LogP contribution in [0.3, 0.4) is 0 Å². The van der Waals surface area contributed by atoms with E-state index in [2.05, 4.69) is 0 Å². The van der Waals surface area contributed by atoms with Crippen LogP contribution in [-0.2, 0) is 0 Å². The van der Waals surface area contributed by atoms with Gasteiger partial charge in [0.05, 0.1) is 11.5 Å². The summed E-state index contributed by atoms with van der Waals surface area (Å²) in [5.41, 5.74) is 0. The molecule has 0 aromatic heterocycles. The summed E-state index contributed by atoms with van der Waals surface area (Å²) in [6, 6.07) is 0. The Bertz CT molecular complexity index is 80.1. The monoisotopic (exact) mass is 118 g/mol. The van der Waals surface area contributed by atoms with E-state index in [0.29, 0.717) is 6.42 Å². The molecule has 0 aromatic rings. The highest BCUT2D eigenvalue weighted by atomic mass is 35.5. The summed E-state index contributed by atoms with van der Waals surface area (Å²) in [6.07, 6.45) is 3.92. The standard InChI is InChI=1S/C5H7ClO/c6-4-1-2-5(7)3-4/h1-2,4-5,7H,3H2. The number of alkyl halides is 1. The first-order valence-electron chi connectivity index (χ1n) is 2.29. The molecule has 1 nitrogen and oxygen atoms in total. The van der Waals surface area contributed by atoms with E-state index in [9.17, 15) is 0 Å². The van der Waals surface area contributed by atoms with Crippen LogP contribution in [0, 0.1) is 0 Å². The molecule has 0 heterocycles. The van der Waals surface area contributed by atoms with Gasteiger partial charge in [0.2, 0.25) is 0 Å². The average Bonchev–Trinajstić information content (AvgIpc) is 1.87. The molecule has 0 aliphatic heterocycles. The van der Waals surface area contributed by atoms with Crippen molar-refractivity contribution in [1.82, 2.24) is 0 Å². The maximum Gasteiger partial charge on any atom is 0.0738 e. The molecule has 2 atom stereocenters. The second kappa shape index (κ2) is 1.85. The van der Waals surface area contributed by atoms with E-state index in [1.807, 2.05) is 6.08 Å². The number of hydrogen-bond donors (Lipinski definition) is 1. The van der Waals surface area contributed by atoms with E-state index < -0.39 is 0 Å². The van der Waals surface area contributed by atoms with Gasteiger partial charge in [-0.3, -0.25) is 0 Å². The van der Waals surface area contributed by atoms with Crippen LogP contribution in [0.15, 0.2) is 12.2 Å². The van der Waals surface area contributed by atoms with Gasteiger partial charge >= 0.3 is 0 Å². The van der Waals surface area contributed by atoms with Crippen molar-refractivity contribution >= 4 is 11.6 Å².